The van der Waals surface area contributed by atoms with Gasteiger partial charge in [0, 0.05) is 0 Å². The first kappa shape index (κ1) is 14.3. The Morgan fingerprint density at radius 3 is 2.24 bits per heavy atom. The molecule has 116 valence electrons. The number of imide groups is 2. The molecule has 0 aromatic carbocycles. The number of hydrogen-bond acceptors (Lipinski definition) is 9. The monoisotopic (exact) mass is 304 g/mol. The highest BCUT2D eigenvalue weighted by Gasteiger charge is 2.65. The number of fused-ring (bicyclic) bond motifs is 1. The molecule has 0 saturated carbocycles. The summed E-state index contributed by atoms with van der Waals surface area (Å²) < 4.78 is 15.4. The van der Waals surface area contributed by atoms with E-state index in [0.717, 1.165) is 0 Å². The number of ether oxygens (including phenoxy) is 3. The van der Waals surface area contributed by atoms with Gasteiger partial charge in [-0.05, 0) is 0 Å². The van der Waals surface area contributed by atoms with Gasteiger partial charge >= 0.3 is 11.8 Å². The highest BCUT2D eigenvalue weighted by atomic mass is 16.8. The third-order valence-corrected chi connectivity index (χ3v) is 3.46. The Hall–Kier alpha value is -1.63. The number of amides is 4. The van der Waals surface area contributed by atoms with E-state index < -0.39 is 60.9 Å². The number of aliphatic hydroxyl groups excluding tert-OH is 3. The SMILES string of the molecule is O=C1NC(=O)C2(O[C@H]3O[C@H](CO)[C@H](O)[C@H](O)[C@H]3O2)C(=O)N1. The molecular weight excluding hydrogens is 292 g/mol. The molecule has 5 atom stereocenters. The van der Waals surface area contributed by atoms with Gasteiger partial charge in [-0.15, -0.1) is 0 Å². The number of nitrogens with one attached hydrogen (secondary N) is 2. The van der Waals surface area contributed by atoms with E-state index in [-0.39, 0.29) is 0 Å². The van der Waals surface area contributed by atoms with Crippen molar-refractivity contribution in [2.24, 2.45) is 0 Å². The second-order valence-electron chi connectivity index (χ2n) is 4.76. The van der Waals surface area contributed by atoms with Crippen LogP contribution in [0.2, 0.25) is 0 Å². The Bertz CT molecular complexity index is 489. The van der Waals surface area contributed by atoms with E-state index in [1.54, 1.807) is 10.6 Å². The van der Waals surface area contributed by atoms with Crippen LogP contribution in [-0.2, 0) is 23.8 Å². The molecule has 21 heavy (non-hydrogen) atoms. The van der Waals surface area contributed by atoms with Crippen molar-refractivity contribution in [3.63, 3.8) is 0 Å². The first-order valence-corrected chi connectivity index (χ1v) is 6.04. The summed E-state index contributed by atoms with van der Waals surface area (Å²) >= 11 is 0. The maximum absolute atomic E-state index is 11.8. The Kier molecular flexibility index (Phi) is 3.20. The highest BCUT2D eigenvalue weighted by molar-refractivity contribution is 6.20. The first-order chi connectivity index (χ1) is 9.89. The number of rotatable bonds is 1. The van der Waals surface area contributed by atoms with Gasteiger partial charge in [0.05, 0.1) is 6.61 Å². The van der Waals surface area contributed by atoms with Gasteiger partial charge in [0.2, 0.25) is 0 Å². The standard InChI is InChI=1S/C10H12N2O9/c13-1-2-3(14)4(15)5-6(19-2)21-10(20-5)7(16)11-9(18)12-8(10)17/h2-6,13-15H,1H2,(H2,11,12,16,17,18)/t2-,3+,4+,5-,6-/m1/s1. The lowest BCUT2D eigenvalue weighted by molar-refractivity contribution is -0.256. The summed E-state index contributed by atoms with van der Waals surface area (Å²) in [5, 5.41) is 32.3. The molecule has 11 nitrogen and oxygen atoms in total. The molecule has 3 saturated heterocycles. The zero-order valence-electron chi connectivity index (χ0n) is 10.4. The number of aliphatic hydroxyl groups is 3. The average molecular weight is 304 g/mol. The molecule has 1 spiro atoms. The molecule has 11 heteroatoms. The van der Waals surface area contributed by atoms with Crippen LogP contribution in [0, 0.1) is 0 Å². The summed E-state index contributed by atoms with van der Waals surface area (Å²) in [5.41, 5.74) is 0. The van der Waals surface area contributed by atoms with E-state index in [4.69, 9.17) is 19.3 Å². The molecule has 0 radical (unpaired) electrons. The largest absolute Gasteiger partial charge is 0.394 e. The minimum Gasteiger partial charge on any atom is -0.394 e. The van der Waals surface area contributed by atoms with E-state index in [0.29, 0.717) is 0 Å². The zero-order valence-corrected chi connectivity index (χ0v) is 10.4. The molecule has 5 N–H and O–H groups in total. The van der Waals surface area contributed by atoms with E-state index in [1.165, 1.54) is 0 Å². The Labute approximate surface area is 116 Å². The number of carbonyl (C=O) groups is 3. The van der Waals surface area contributed by atoms with Crippen LogP contribution in [0.25, 0.3) is 0 Å². The van der Waals surface area contributed by atoms with Gasteiger partial charge in [-0.3, -0.25) is 20.2 Å². The molecule has 0 bridgehead atoms. The predicted octanol–water partition coefficient (Wildman–Crippen LogP) is -4.10. The van der Waals surface area contributed by atoms with Gasteiger partial charge in [-0.2, -0.15) is 0 Å². The molecule has 3 aliphatic heterocycles. The van der Waals surface area contributed by atoms with E-state index >= 15 is 0 Å². The lowest BCUT2D eigenvalue weighted by atomic mass is 9.99. The van der Waals surface area contributed by atoms with Crippen LogP contribution in [0.5, 0.6) is 0 Å². The van der Waals surface area contributed by atoms with Gasteiger partial charge in [0.15, 0.2) is 6.29 Å². The molecule has 3 fully saturated rings. The fourth-order valence-electron chi connectivity index (χ4n) is 2.38. The molecule has 0 aromatic heterocycles. The topological polar surface area (TPSA) is 164 Å². The summed E-state index contributed by atoms with van der Waals surface area (Å²) in [5.74, 6) is -4.83. The minimum absolute atomic E-state index is 0.616. The van der Waals surface area contributed by atoms with Crippen molar-refractivity contribution in [2.75, 3.05) is 6.61 Å². The first-order valence-electron chi connectivity index (χ1n) is 6.04. The number of barbiturate groups is 1. The van der Waals surface area contributed by atoms with E-state index in [2.05, 4.69) is 0 Å². The summed E-state index contributed by atoms with van der Waals surface area (Å²) in [6.45, 7) is -0.616. The van der Waals surface area contributed by atoms with E-state index in [1.807, 2.05) is 0 Å². The molecule has 3 aliphatic rings. The Balaban J connectivity index is 1.88. The third-order valence-electron chi connectivity index (χ3n) is 3.46. The van der Waals surface area contributed by atoms with Crippen LogP contribution in [0.4, 0.5) is 4.79 Å². The highest BCUT2D eigenvalue weighted by Crippen LogP contribution is 2.37. The van der Waals surface area contributed by atoms with Crippen LogP contribution in [0.15, 0.2) is 0 Å². The molecule has 3 heterocycles. The summed E-state index contributed by atoms with van der Waals surface area (Å²) in [6, 6.07) is -1.03. The molecule has 0 unspecified atom stereocenters. The van der Waals surface area contributed by atoms with Crippen LogP contribution in [0.3, 0.4) is 0 Å². The quantitative estimate of drug-likeness (QED) is 0.303. The zero-order chi connectivity index (χ0) is 15.4. The van der Waals surface area contributed by atoms with Crippen molar-refractivity contribution in [1.82, 2.24) is 10.6 Å². The van der Waals surface area contributed by atoms with Crippen LogP contribution in [0.1, 0.15) is 0 Å². The second-order valence-corrected chi connectivity index (χ2v) is 4.76. The van der Waals surface area contributed by atoms with Crippen molar-refractivity contribution < 1.29 is 43.9 Å². The van der Waals surface area contributed by atoms with Crippen LogP contribution in [-0.4, -0.2) is 76.3 Å². The van der Waals surface area contributed by atoms with Gasteiger partial charge in [0.25, 0.3) is 11.8 Å². The lowest BCUT2D eigenvalue weighted by Gasteiger charge is -2.36. The van der Waals surface area contributed by atoms with Crippen molar-refractivity contribution in [1.29, 1.82) is 0 Å². The fraction of sp³-hybridized carbons (Fsp3) is 0.700. The summed E-state index contributed by atoms with van der Waals surface area (Å²) in [4.78, 5) is 34.7. The predicted molar refractivity (Wildman–Crippen MR) is 58.1 cm³/mol. The van der Waals surface area contributed by atoms with Crippen LogP contribution >= 0.6 is 0 Å². The van der Waals surface area contributed by atoms with Gasteiger partial charge < -0.3 is 29.5 Å². The fourth-order valence-corrected chi connectivity index (χ4v) is 2.38. The van der Waals surface area contributed by atoms with Crippen molar-refractivity contribution in [3.8, 4) is 0 Å². The molecular formula is C10H12N2O9. The van der Waals surface area contributed by atoms with E-state index in [9.17, 15) is 24.6 Å². The minimum atomic E-state index is -2.49. The number of urea groups is 1. The second kappa shape index (κ2) is 4.69. The maximum atomic E-state index is 11.8. The molecule has 3 rings (SSSR count). The maximum Gasteiger partial charge on any atom is 0.335 e. The summed E-state index contributed by atoms with van der Waals surface area (Å²) in [7, 11) is 0. The average Bonchev–Trinajstić information content (AvgIpc) is 2.82. The number of hydrogen-bond donors (Lipinski definition) is 5. The van der Waals surface area contributed by atoms with Gasteiger partial charge in [-0.1, -0.05) is 0 Å². The lowest BCUT2D eigenvalue weighted by Crippen LogP contribution is -2.67. The van der Waals surface area contributed by atoms with Crippen molar-refractivity contribution >= 4 is 17.8 Å². The van der Waals surface area contributed by atoms with Crippen LogP contribution < -0.4 is 10.6 Å². The Morgan fingerprint density at radius 2 is 1.67 bits per heavy atom. The molecule has 4 amide bonds. The van der Waals surface area contributed by atoms with Crippen molar-refractivity contribution in [2.45, 2.75) is 36.5 Å². The smallest absolute Gasteiger partial charge is 0.335 e. The van der Waals surface area contributed by atoms with Gasteiger partial charge in [0.1, 0.15) is 24.4 Å². The molecule has 0 aliphatic carbocycles. The number of carbonyl (C=O) groups excluding carboxylic acids is 3. The molecule has 0 aromatic rings. The normalized spacial score (nSPS) is 41.7. The third kappa shape index (κ3) is 1.94. The Morgan fingerprint density at radius 1 is 1.05 bits per heavy atom. The van der Waals surface area contributed by atoms with Gasteiger partial charge in [-0.25, -0.2) is 4.79 Å². The summed E-state index contributed by atoms with van der Waals surface area (Å²) in [6.07, 6.45) is -6.93. The van der Waals surface area contributed by atoms with Crippen molar-refractivity contribution in [3.05, 3.63) is 0 Å².